The summed E-state index contributed by atoms with van der Waals surface area (Å²) >= 11 is 0. The van der Waals surface area contributed by atoms with Crippen molar-refractivity contribution in [2.45, 2.75) is 19.0 Å². The molecule has 0 aliphatic carbocycles. The Morgan fingerprint density at radius 2 is 1.58 bits per heavy atom. The molecule has 8 rings (SSSR count). The third kappa shape index (κ3) is 4.05. The van der Waals surface area contributed by atoms with Crippen molar-refractivity contribution in [3.63, 3.8) is 0 Å². The molecule has 1 N–H and O–H groups in total. The lowest BCUT2D eigenvalue weighted by molar-refractivity contribution is -0.133. The molecule has 9 heteroatoms. The quantitative estimate of drug-likeness (QED) is 0.253. The van der Waals surface area contributed by atoms with Gasteiger partial charge in [-0.15, -0.1) is 0 Å². The molecule has 0 bridgehead atoms. The second kappa shape index (κ2) is 9.63. The molecule has 3 aromatic heterocycles. The van der Waals surface area contributed by atoms with E-state index in [1.807, 2.05) is 83.4 Å². The summed E-state index contributed by atoms with van der Waals surface area (Å²) in [6, 6.07) is 31.1. The number of hydrogen-bond donors (Lipinski definition) is 1. The number of nitrogens with zero attached hydrogens (tertiary/aromatic N) is 5. The summed E-state index contributed by atoms with van der Waals surface area (Å²) in [5.74, 6) is -0.831. The lowest BCUT2D eigenvalue weighted by Gasteiger charge is -2.23. The summed E-state index contributed by atoms with van der Waals surface area (Å²) in [7, 11) is 0. The molecule has 7 aromatic rings. The predicted molar refractivity (Wildman–Crippen MR) is 163 cm³/mol. The van der Waals surface area contributed by atoms with Crippen molar-refractivity contribution in [1.29, 1.82) is 0 Å². The van der Waals surface area contributed by atoms with E-state index in [1.165, 1.54) is 5.01 Å². The number of carboxylic acid groups (broad SMARTS) is 1. The van der Waals surface area contributed by atoms with Crippen LogP contribution in [0.25, 0.3) is 44.1 Å². The fraction of sp³-hybridized carbons (Fsp3) is 0.0882. The summed E-state index contributed by atoms with van der Waals surface area (Å²) in [6.45, 7) is -0.0698. The highest BCUT2D eigenvalue weighted by atomic mass is 16.4. The molecule has 9 nitrogen and oxygen atoms in total. The number of amides is 1. The highest BCUT2D eigenvalue weighted by Crippen LogP contribution is 2.37. The van der Waals surface area contributed by atoms with E-state index in [-0.39, 0.29) is 18.0 Å². The maximum atomic E-state index is 14.2. The van der Waals surface area contributed by atoms with Gasteiger partial charge in [-0.25, -0.2) is 19.8 Å². The Morgan fingerprint density at radius 1 is 0.860 bits per heavy atom. The molecule has 1 aliphatic heterocycles. The summed E-state index contributed by atoms with van der Waals surface area (Å²) in [4.78, 5) is 36.2. The highest BCUT2D eigenvalue weighted by Gasteiger charge is 2.36. The van der Waals surface area contributed by atoms with Gasteiger partial charge in [0, 0.05) is 17.2 Å². The molecule has 1 unspecified atom stereocenters. The van der Waals surface area contributed by atoms with Crippen molar-refractivity contribution in [3.8, 4) is 0 Å². The molecule has 4 aromatic carbocycles. The number of furan rings is 1. The second-order valence-electron chi connectivity index (χ2n) is 10.5. The lowest BCUT2D eigenvalue weighted by atomic mass is 9.96. The van der Waals surface area contributed by atoms with Crippen molar-refractivity contribution >= 4 is 61.7 Å². The van der Waals surface area contributed by atoms with Gasteiger partial charge in [0.2, 0.25) is 0 Å². The molecule has 0 spiro atoms. The number of para-hydroxylation sites is 4. The molecule has 4 heterocycles. The zero-order valence-electron chi connectivity index (χ0n) is 22.7. The smallest absolute Gasteiger partial charge is 0.336 e. The van der Waals surface area contributed by atoms with Crippen LogP contribution in [0, 0.1) is 0 Å². The topological polar surface area (TPSA) is 114 Å². The van der Waals surface area contributed by atoms with E-state index in [4.69, 9.17) is 19.5 Å². The lowest BCUT2D eigenvalue weighted by Crippen LogP contribution is -2.31. The van der Waals surface area contributed by atoms with Gasteiger partial charge in [0.25, 0.3) is 5.91 Å². The van der Waals surface area contributed by atoms with Crippen LogP contribution in [0.2, 0.25) is 0 Å². The Labute approximate surface area is 244 Å². The fourth-order valence-electron chi connectivity index (χ4n) is 5.99. The molecule has 43 heavy (non-hydrogen) atoms. The first-order chi connectivity index (χ1) is 21.0. The number of hydrazone groups is 1. The zero-order chi connectivity index (χ0) is 29.1. The monoisotopic (exact) mass is 565 g/mol. The molecule has 0 radical (unpaired) electrons. The van der Waals surface area contributed by atoms with E-state index in [1.54, 1.807) is 24.3 Å². The first-order valence-electron chi connectivity index (χ1n) is 13.9. The van der Waals surface area contributed by atoms with Crippen molar-refractivity contribution < 1.29 is 19.1 Å². The van der Waals surface area contributed by atoms with Gasteiger partial charge in [0.15, 0.2) is 11.4 Å². The maximum Gasteiger partial charge on any atom is 0.336 e. The Balaban J connectivity index is 1.25. The van der Waals surface area contributed by atoms with Crippen LogP contribution in [0.4, 0.5) is 0 Å². The molecule has 1 amide bonds. The highest BCUT2D eigenvalue weighted by molar-refractivity contribution is 6.08. The summed E-state index contributed by atoms with van der Waals surface area (Å²) in [6.07, 6.45) is 0.299. The van der Waals surface area contributed by atoms with Gasteiger partial charge in [-0.3, -0.25) is 4.79 Å². The minimum Gasteiger partial charge on any atom is -0.478 e. The SMILES string of the molecule is O=C(O)c1ccccc1C1CC(c2cc3ccccc3o2)=NN1C(=O)Cn1c2ccccc2c2nc3ccccc3nc21. The molecule has 0 saturated heterocycles. The largest absolute Gasteiger partial charge is 0.478 e. The molecule has 0 saturated carbocycles. The first kappa shape index (κ1) is 24.9. The van der Waals surface area contributed by atoms with Crippen molar-refractivity contribution in [2.24, 2.45) is 5.10 Å². The summed E-state index contributed by atoms with van der Waals surface area (Å²) in [5.41, 5.74) is 5.54. The second-order valence-corrected chi connectivity index (χ2v) is 10.5. The number of carbonyl (C=O) groups is 2. The Bertz CT molecular complexity index is 2250. The number of rotatable bonds is 5. The van der Waals surface area contributed by atoms with Gasteiger partial charge in [0.1, 0.15) is 23.4 Å². The van der Waals surface area contributed by atoms with Crippen LogP contribution >= 0.6 is 0 Å². The van der Waals surface area contributed by atoms with Crippen molar-refractivity contribution in [3.05, 3.63) is 120 Å². The number of benzene rings is 4. The van der Waals surface area contributed by atoms with Crippen molar-refractivity contribution in [2.75, 3.05) is 0 Å². The van der Waals surface area contributed by atoms with Crippen molar-refractivity contribution in [1.82, 2.24) is 19.5 Å². The minimum atomic E-state index is -1.07. The van der Waals surface area contributed by atoms with E-state index < -0.39 is 12.0 Å². The summed E-state index contributed by atoms with van der Waals surface area (Å²) < 4.78 is 7.96. The Kier molecular flexibility index (Phi) is 5.58. The average molecular weight is 566 g/mol. The minimum absolute atomic E-state index is 0.0698. The number of aromatic nitrogens is 3. The molecule has 0 fully saturated rings. The number of aromatic carboxylic acids is 1. The Morgan fingerprint density at radius 3 is 2.42 bits per heavy atom. The predicted octanol–water partition coefficient (Wildman–Crippen LogP) is 6.56. The van der Waals surface area contributed by atoms with Gasteiger partial charge in [0.05, 0.1) is 28.2 Å². The van der Waals surface area contributed by atoms with E-state index in [2.05, 4.69) is 0 Å². The van der Waals surface area contributed by atoms with Gasteiger partial charge in [-0.05, 0) is 42.0 Å². The summed E-state index contributed by atoms with van der Waals surface area (Å²) in [5, 5.41) is 18.0. The first-order valence-corrected chi connectivity index (χ1v) is 13.9. The van der Waals surface area contributed by atoms with Crippen LogP contribution in [0.5, 0.6) is 0 Å². The van der Waals surface area contributed by atoms with Gasteiger partial charge in [-0.2, -0.15) is 5.10 Å². The van der Waals surface area contributed by atoms with Crippen LogP contribution in [0.1, 0.15) is 34.1 Å². The molecule has 208 valence electrons. The van der Waals surface area contributed by atoms with Gasteiger partial charge < -0.3 is 14.1 Å². The fourth-order valence-corrected chi connectivity index (χ4v) is 5.99. The standard InChI is InChI=1S/C34H23N5O4/c40-31(19-38-27-15-7-4-12-23(27)32-33(38)36-25-14-6-5-13-24(25)35-32)39-28(21-10-2-3-11-22(21)34(41)42)18-26(37-39)30-17-20-9-1-8-16-29(20)43-30/h1-17,28H,18-19H2,(H,41,42). The zero-order valence-corrected chi connectivity index (χ0v) is 22.7. The van der Waals surface area contributed by atoms with Crippen LogP contribution < -0.4 is 0 Å². The van der Waals surface area contributed by atoms with Crippen LogP contribution in [0.15, 0.2) is 113 Å². The van der Waals surface area contributed by atoms with Crippen LogP contribution in [0.3, 0.4) is 0 Å². The van der Waals surface area contributed by atoms with Crippen LogP contribution in [-0.2, 0) is 11.3 Å². The number of hydrogen-bond acceptors (Lipinski definition) is 6. The van der Waals surface area contributed by atoms with Gasteiger partial charge in [-0.1, -0.05) is 66.7 Å². The van der Waals surface area contributed by atoms with E-state index in [0.717, 1.165) is 27.3 Å². The molecular weight excluding hydrogens is 542 g/mol. The number of fused-ring (bicyclic) bond motifs is 5. The third-order valence-electron chi connectivity index (χ3n) is 7.98. The average Bonchev–Trinajstić information content (AvgIpc) is 3.75. The van der Waals surface area contributed by atoms with E-state index >= 15 is 0 Å². The number of carbonyl (C=O) groups excluding carboxylic acids is 1. The third-order valence-corrected chi connectivity index (χ3v) is 7.98. The molecule has 1 atom stereocenters. The molecule has 1 aliphatic rings. The Hall–Kier alpha value is -5.83. The van der Waals surface area contributed by atoms with E-state index in [0.29, 0.717) is 40.2 Å². The molecular formula is C34H23N5O4. The maximum absolute atomic E-state index is 14.2. The normalized spacial score (nSPS) is 15.1. The number of carboxylic acids is 1. The van der Waals surface area contributed by atoms with Crippen LogP contribution in [-0.4, -0.2) is 42.2 Å². The van der Waals surface area contributed by atoms with E-state index in [9.17, 15) is 14.7 Å². The van der Waals surface area contributed by atoms with Gasteiger partial charge >= 0.3 is 5.97 Å².